The summed E-state index contributed by atoms with van der Waals surface area (Å²) in [5, 5.41) is 3.13. The zero-order chi connectivity index (χ0) is 33.4. The SMILES string of the molecule is CC(=O)C(C)Oc1ccc2nccc(Br)c2c1.CC(=O)COc1ccc(Cl)c2cccnc12.CC1CCCC1.CCC(Cl)=CCl. The normalized spacial score (nSPS) is 13.4. The number of ether oxygens (including phenoxy) is 2. The average molecular weight is 739 g/mol. The predicted octanol–water partition coefficient (Wildman–Crippen LogP) is 11.1. The van der Waals surface area contributed by atoms with Gasteiger partial charge in [-0.2, -0.15) is 0 Å². The Kier molecular flexibility index (Phi) is 17.5. The van der Waals surface area contributed by atoms with Crippen LogP contribution in [0.2, 0.25) is 5.02 Å². The van der Waals surface area contributed by atoms with Gasteiger partial charge in [0.25, 0.3) is 0 Å². The molecule has 0 amide bonds. The van der Waals surface area contributed by atoms with Gasteiger partial charge < -0.3 is 9.47 Å². The van der Waals surface area contributed by atoms with Crippen molar-refractivity contribution >= 4 is 84.1 Å². The van der Waals surface area contributed by atoms with Gasteiger partial charge in [0.2, 0.25) is 0 Å². The molecule has 10 heteroatoms. The number of allylic oxidation sites excluding steroid dienone is 1. The lowest BCUT2D eigenvalue weighted by atomic mass is 10.2. The number of pyridine rings is 2. The molecule has 1 aliphatic carbocycles. The summed E-state index contributed by atoms with van der Waals surface area (Å²) >= 11 is 20.0. The van der Waals surface area contributed by atoms with Crippen LogP contribution >= 0.6 is 50.7 Å². The molecule has 242 valence electrons. The van der Waals surface area contributed by atoms with E-state index in [2.05, 4.69) is 32.8 Å². The highest BCUT2D eigenvalue weighted by molar-refractivity contribution is 9.10. The molecule has 45 heavy (non-hydrogen) atoms. The number of hydrogen-bond acceptors (Lipinski definition) is 6. The van der Waals surface area contributed by atoms with Crippen molar-refractivity contribution in [2.45, 2.75) is 72.8 Å². The largest absolute Gasteiger partial charge is 0.484 e. The number of halogens is 4. The van der Waals surface area contributed by atoms with Crippen LogP contribution in [0.25, 0.3) is 21.8 Å². The van der Waals surface area contributed by atoms with Gasteiger partial charge in [-0.1, -0.05) is 90.3 Å². The zero-order valence-corrected chi connectivity index (χ0v) is 30.1. The lowest BCUT2D eigenvalue weighted by Crippen LogP contribution is -2.20. The van der Waals surface area contributed by atoms with E-state index >= 15 is 0 Å². The van der Waals surface area contributed by atoms with Crippen molar-refractivity contribution in [1.29, 1.82) is 0 Å². The molecule has 5 rings (SSSR count). The summed E-state index contributed by atoms with van der Waals surface area (Å²) in [5.74, 6) is 2.28. The number of aromatic nitrogens is 2. The van der Waals surface area contributed by atoms with E-state index in [0.29, 0.717) is 27.1 Å². The topological polar surface area (TPSA) is 78.4 Å². The van der Waals surface area contributed by atoms with Crippen molar-refractivity contribution in [1.82, 2.24) is 9.97 Å². The third-order valence-electron chi connectivity index (χ3n) is 6.76. The summed E-state index contributed by atoms with van der Waals surface area (Å²) in [4.78, 5) is 30.4. The number of rotatable bonds is 7. The molecule has 2 aromatic heterocycles. The smallest absolute Gasteiger partial charge is 0.169 e. The Bertz CT molecular complexity index is 1580. The van der Waals surface area contributed by atoms with Crippen molar-refractivity contribution in [3.63, 3.8) is 0 Å². The summed E-state index contributed by atoms with van der Waals surface area (Å²) in [6, 6.07) is 14.6. The minimum Gasteiger partial charge on any atom is -0.484 e. The lowest BCUT2D eigenvalue weighted by Gasteiger charge is -2.12. The van der Waals surface area contributed by atoms with Gasteiger partial charge in [0.1, 0.15) is 23.6 Å². The van der Waals surface area contributed by atoms with Crippen molar-refractivity contribution in [3.8, 4) is 11.5 Å². The van der Waals surface area contributed by atoms with Gasteiger partial charge in [0.05, 0.1) is 10.5 Å². The first-order chi connectivity index (χ1) is 21.5. The Balaban J connectivity index is 0.000000232. The van der Waals surface area contributed by atoms with Crippen LogP contribution in [0.15, 0.2) is 76.0 Å². The number of fused-ring (bicyclic) bond motifs is 2. The Hall–Kier alpha value is -2.71. The Morgan fingerprint density at radius 2 is 1.76 bits per heavy atom. The minimum absolute atomic E-state index is 0.00958. The first-order valence-electron chi connectivity index (χ1n) is 14.8. The maximum atomic E-state index is 11.1. The summed E-state index contributed by atoms with van der Waals surface area (Å²) in [6.07, 6.45) is 9.75. The van der Waals surface area contributed by atoms with Crippen LogP contribution in [0.3, 0.4) is 0 Å². The highest BCUT2D eigenvalue weighted by atomic mass is 79.9. The molecule has 0 saturated heterocycles. The van der Waals surface area contributed by atoms with E-state index in [1.165, 1.54) is 45.1 Å². The highest BCUT2D eigenvalue weighted by Crippen LogP contribution is 2.30. The van der Waals surface area contributed by atoms with Crippen LogP contribution in [-0.2, 0) is 9.59 Å². The van der Waals surface area contributed by atoms with Crippen LogP contribution in [-0.4, -0.2) is 34.2 Å². The molecule has 0 spiro atoms. The Morgan fingerprint density at radius 1 is 1.04 bits per heavy atom. The number of nitrogens with zero attached hydrogens (tertiary/aromatic N) is 2. The van der Waals surface area contributed by atoms with Gasteiger partial charge in [-0.25, -0.2) is 0 Å². The number of Topliss-reactive ketones (excluding diaryl/α,β-unsaturated/α-hetero) is 2. The molecule has 0 N–H and O–H groups in total. The molecule has 0 radical (unpaired) electrons. The second-order valence-electron chi connectivity index (χ2n) is 10.6. The van der Waals surface area contributed by atoms with Gasteiger partial charge in [-0.05, 0) is 81.6 Å². The van der Waals surface area contributed by atoms with Crippen LogP contribution in [0.5, 0.6) is 11.5 Å². The van der Waals surface area contributed by atoms with Crippen molar-refractivity contribution < 1.29 is 19.1 Å². The maximum Gasteiger partial charge on any atom is 0.169 e. The van der Waals surface area contributed by atoms with Crippen molar-refractivity contribution in [3.05, 3.63) is 81.0 Å². The number of carbonyl (C=O) groups is 2. The fraction of sp³-hybridized carbons (Fsp3) is 0.371. The number of hydrogen-bond donors (Lipinski definition) is 0. The summed E-state index contributed by atoms with van der Waals surface area (Å²) in [6.45, 7) is 9.07. The first-order valence-corrected chi connectivity index (χ1v) is 16.8. The van der Waals surface area contributed by atoms with Crippen LogP contribution < -0.4 is 9.47 Å². The quantitative estimate of drug-likeness (QED) is 0.188. The van der Waals surface area contributed by atoms with Crippen molar-refractivity contribution in [2.24, 2.45) is 5.92 Å². The third kappa shape index (κ3) is 13.7. The average Bonchev–Trinajstić information content (AvgIpc) is 3.52. The molecule has 1 fully saturated rings. The molecule has 1 saturated carbocycles. The third-order valence-corrected chi connectivity index (χ3v) is 8.53. The fourth-order valence-electron chi connectivity index (χ4n) is 4.07. The first kappa shape index (κ1) is 38.5. The minimum atomic E-state index is -0.428. The van der Waals surface area contributed by atoms with Crippen molar-refractivity contribution in [2.75, 3.05) is 6.61 Å². The van der Waals surface area contributed by atoms with E-state index in [9.17, 15) is 9.59 Å². The monoisotopic (exact) mass is 736 g/mol. The van der Waals surface area contributed by atoms with E-state index in [1.807, 2.05) is 43.3 Å². The van der Waals surface area contributed by atoms with E-state index in [0.717, 1.165) is 33.1 Å². The van der Waals surface area contributed by atoms with E-state index in [1.54, 1.807) is 31.5 Å². The molecule has 6 nitrogen and oxygen atoms in total. The molecule has 1 unspecified atom stereocenters. The molecule has 0 bridgehead atoms. The van der Waals surface area contributed by atoms with Crippen LogP contribution in [0.1, 0.15) is 66.7 Å². The van der Waals surface area contributed by atoms with Crippen LogP contribution in [0.4, 0.5) is 0 Å². The van der Waals surface area contributed by atoms with Crippen LogP contribution in [0, 0.1) is 5.92 Å². The van der Waals surface area contributed by atoms with Gasteiger partial charge in [0.15, 0.2) is 17.7 Å². The highest BCUT2D eigenvalue weighted by Gasteiger charge is 2.10. The Morgan fingerprint density at radius 3 is 2.31 bits per heavy atom. The molecule has 4 aromatic rings. The summed E-state index contributed by atoms with van der Waals surface area (Å²) in [7, 11) is 0. The molecular formula is C35H40BrCl3N2O4. The maximum absolute atomic E-state index is 11.1. The zero-order valence-electron chi connectivity index (χ0n) is 26.3. The molecule has 1 atom stereocenters. The van der Waals surface area contributed by atoms with Gasteiger partial charge in [-0.3, -0.25) is 19.6 Å². The summed E-state index contributed by atoms with van der Waals surface area (Å²) < 4.78 is 11.9. The Labute approximate surface area is 289 Å². The standard InChI is InChI=1S/C13H12BrNO2.C12H10ClNO2.C6H12.C4H6Cl2/c1-8(16)9(2)17-10-3-4-13-11(7-10)12(14)5-6-15-13;1-8(15)7-16-11-5-4-10(13)9-3-2-6-14-12(9)11;1-6-4-2-3-5-6;1-2-4(6)3-5/h3-7,9H,1-2H3;2-6H,7H2,1H3;6H,2-5H2,1H3;3H,2H2,1H3. The molecule has 2 heterocycles. The lowest BCUT2D eigenvalue weighted by molar-refractivity contribution is -0.123. The van der Waals surface area contributed by atoms with E-state index < -0.39 is 6.10 Å². The fourth-order valence-corrected chi connectivity index (χ4v) is 4.87. The number of benzene rings is 2. The number of carbonyl (C=O) groups excluding carboxylic acids is 2. The molecule has 0 aliphatic heterocycles. The van der Waals surface area contributed by atoms with Gasteiger partial charge in [0, 0.05) is 38.2 Å². The van der Waals surface area contributed by atoms with Gasteiger partial charge >= 0.3 is 0 Å². The van der Waals surface area contributed by atoms with E-state index in [4.69, 9.17) is 44.3 Å². The van der Waals surface area contributed by atoms with E-state index in [-0.39, 0.29) is 18.2 Å². The second kappa shape index (κ2) is 20.4. The molecular weight excluding hydrogens is 699 g/mol. The predicted molar refractivity (Wildman–Crippen MR) is 191 cm³/mol. The molecule has 2 aromatic carbocycles. The summed E-state index contributed by atoms with van der Waals surface area (Å²) in [5.41, 5.74) is 2.94. The van der Waals surface area contributed by atoms with Gasteiger partial charge in [-0.15, -0.1) is 0 Å². The number of ketones is 2. The molecule has 1 aliphatic rings. The second-order valence-corrected chi connectivity index (χ2v) is 12.5.